The average molecular weight is 279 g/mol. The maximum absolute atomic E-state index is 5.74. The first-order chi connectivity index (χ1) is 9.08. The van der Waals surface area contributed by atoms with E-state index >= 15 is 0 Å². The Morgan fingerprint density at radius 3 is 2.63 bits per heavy atom. The summed E-state index contributed by atoms with van der Waals surface area (Å²) in [4.78, 5) is 5.09. The normalized spacial score (nSPS) is 16.9. The Hall–Kier alpha value is -1.27. The molecule has 0 aliphatic carbocycles. The zero-order chi connectivity index (χ0) is 13.8. The highest BCUT2D eigenvalue weighted by Gasteiger charge is 2.21. The molecule has 0 amide bonds. The van der Waals surface area contributed by atoms with Crippen LogP contribution in [0.3, 0.4) is 0 Å². The standard InChI is InChI=1S/C13H21N5S/c1-10(2)9-17-5-7-18(8-6-17)13-11(12(14)19)3-4-15-16-13/h3-4,10H,5-9H2,1-2H3,(H2,14,19). The van der Waals surface area contributed by atoms with E-state index in [2.05, 4.69) is 33.8 Å². The summed E-state index contributed by atoms with van der Waals surface area (Å²) in [7, 11) is 0. The molecule has 1 aliphatic heterocycles. The minimum absolute atomic E-state index is 0.384. The number of hydrogen-bond donors (Lipinski definition) is 1. The molecule has 0 radical (unpaired) electrons. The summed E-state index contributed by atoms with van der Waals surface area (Å²) < 4.78 is 0. The number of aromatic nitrogens is 2. The largest absolute Gasteiger partial charge is 0.389 e. The molecule has 104 valence electrons. The molecule has 2 N–H and O–H groups in total. The molecule has 0 atom stereocenters. The third-order valence-corrected chi connectivity index (χ3v) is 3.48. The minimum atomic E-state index is 0.384. The second-order valence-corrected chi connectivity index (χ2v) is 5.75. The Morgan fingerprint density at radius 2 is 2.05 bits per heavy atom. The zero-order valence-electron chi connectivity index (χ0n) is 11.5. The van der Waals surface area contributed by atoms with Crippen molar-refractivity contribution >= 4 is 23.0 Å². The van der Waals surface area contributed by atoms with Crippen LogP contribution >= 0.6 is 12.2 Å². The zero-order valence-corrected chi connectivity index (χ0v) is 12.4. The topological polar surface area (TPSA) is 58.3 Å². The van der Waals surface area contributed by atoms with E-state index in [1.165, 1.54) is 0 Å². The van der Waals surface area contributed by atoms with Crippen LogP contribution in [0.4, 0.5) is 5.82 Å². The number of nitrogens with zero attached hydrogens (tertiary/aromatic N) is 4. The summed E-state index contributed by atoms with van der Waals surface area (Å²) in [6, 6.07) is 1.84. The molecular formula is C13H21N5S. The monoisotopic (exact) mass is 279 g/mol. The van der Waals surface area contributed by atoms with Crippen LogP contribution < -0.4 is 10.6 Å². The van der Waals surface area contributed by atoms with E-state index in [1.807, 2.05) is 6.07 Å². The van der Waals surface area contributed by atoms with Crippen LogP contribution in [0.15, 0.2) is 12.3 Å². The number of rotatable bonds is 4. The third kappa shape index (κ3) is 3.61. The number of hydrogen-bond acceptors (Lipinski definition) is 5. The fourth-order valence-corrected chi connectivity index (χ4v) is 2.57. The lowest BCUT2D eigenvalue weighted by Gasteiger charge is -2.36. The van der Waals surface area contributed by atoms with Gasteiger partial charge in [-0.15, -0.1) is 5.10 Å². The summed E-state index contributed by atoms with van der Waals surface area (Å²) in [5, 5.41) is 8.15. The first-order valence-electron chi connectivity index (χ1n) is 6.66. The third-order valence-electron chi connectivity index (χ3n) is 3.26. The van der Waals surface area contributed by atoms with Crippen LogP contribution in [0.1, 0.15) is 19.4 Å². The molecule has 6 heteroatoms. The fourth-order valence-electron chi connectivity index (χ4n) is 2.41. The van der Waals surface area contributed by atoms with Gasteiger partial charge in [0.25, 0.3) is 0 Å². The molecule has 19 heavy (non-hydrogen) atoms. The lowest BCUT2D eigenvalue weighted by Crippen LogP contribution is -2.48. The molecule has 1 aromatic heterocycles. The van der Waals surface area contributed by atoms with Gasteiger partial charge in [0.15, 0.2) is 5.82 Å². The van der Waals surface area contributed by atoms with Gasteiger partial charge in [0.05, 0.1) is 11.8 Å². The highest BCUT2D eigenvalue weighted by atomic mass is 32.1. The number of anilines is 1. The van der Waals surface area contributed by atoms with Gasteiger partial charge in [0.1, 0.15) is 4.99 Å². The van der Waals surface area contributed by atoms with E-state index < -0.39 is 0 Å². The molecule has 1 fully saturated rings. The Morgan fingerprint density at radius 1 is 1.37 bits per heavy atom. The molecule has 0 bridgehead atoms. The van der Waals surface area contributed by atoms with Crippen LogP contribution in [0.5, 0.6) is 0 Å². The molecule has 0 unspecified atom stereocenters. The van der Waals surface area contributed by atoms with E-state index in [0.717, 1.165) is 44.1 Å². The SMILES string of the molecule is CC(C)CN1CCN(c2nnccc2C(N)=S)CC1. The second-order valence-electron chi connectivity index (χ2n) is 5.31. The molecule has 2 heterocycles. The summed E-state index contributed by atoms with van der Waals surface area (Å²) in [5.41, 5.74) is 6.56. The predicted octanol–water partition coefficient (Wildman–Crippen LogP) is 0.889. The molecule has 1 saturated heterocycles. The van der Waals surface area contributed by atoms with Crippen molar-refractivity contribution < 1.29 is 0 Å². The minimum Gasteiger partial charge on any atom is -0.389 e. The molecule has 5 nitrogen and oxygen atoms in total. The van der Waals surface area contributed by atoms with Crippen molar-refractivity contribution in [2.75, 3.05) is 37.6 Å². The van der Waals surface area contributed by atoms with E-state index in [-0.39, 0.29) is 0 Å². The quantitative estimate of drug-likeness (QED) is 0.826. The van der Waals surface area contributed by atoms with Gasteiger partial charge in [-0.1, -0.05) is 26.1 Å². The van der Waals surface area contributed by atoms with Gasteiger partial charge in [-0.25, -0.2) is 0 Å². The van der Waals surface area contributed by atoms with Gasteiger partial charge >= 0.3 is 0 Å². The maximum Gasteiger partial charge on any atom is 0.161 e. The van der Waals surface area contributed by atoms with Gasteiger partial charge in [0.2, 0.25) is 0 Å². The van der Waals surface area contributed by atoms with Crippen molar-refractivity contribution in [1.82, 2.24) is 15.1 Å². The Labute approximate surface area is 119 Å². The van der Waals surface area contributed by atoms with Crippen molar-refractivity contribution in [3.05, 3.63) is 17.8 Å². The molecule has 0 spiro atoms. The Kier molecular flexibility index (Phi) is 4.66. The number of nitrogens with two attached hydrogens (primary N) is 1. The summed E-state index contributed by atoms with van der Waals surface area (Å²) >= 11 is 5.07. The fraction of sp³-hybridized carbons (Fsp3) is 0.615. The van der Waals surface area contributed by atoms with E-state index in [4.69, 9.17) is 18.0 Å². The first kappa shape index (κ1) is 14.1. The van der Waals surface area contributed by atoms with Crippen molar-refractivity contribution in [2.24, 2.45) is 11.7 Å². The molecule has 1 aromatic rings. The summed E-state index contributed by atoms with van der Waals surface area (Å²) in [6.45, 7) is 9.63. The van der Waals surface area contributed by atoms with Crippen molar-refractivity contribution in [3.8, 4) is 0 Å². The molecule has 0 aromatic carbocycles. The predicted molar refractivity (Wildman–Crippen MR) is 81.4 cm³/mol. The van der Waals surface area contributed by atoms with E-state index in [9.17, 15) is 0 Å². The van der Waals surface area contributed by atoms with Crippen LogP contribution in [0.25, 0.3) is 0 Å². The van der Waals surface area contributed by atoms with Gasteiger partial charge in [-0.3, -0.25) is 4.90 Å². The van der Waals surface area contributed by atoms with Gasteiger partial charge in [-0.2, -0.15) is 5.10 Å². The number of thiocarbonyl (C=S) groups is 1. The van der Waals surface area contributed by atoms with Crippen molar-refractivity contribution in [2.45, 2.75) is 13.8 Å². The summed E-state index contributed by atoms with van der Waals surface area (Å²) in [6.07, 6.45) is 1.63. The first-order valence-corrected chi connectivity index (χ1v) is 7.07. The van der Waals surface area contributed by atoms with E-state index in [0.29, 0.717) is 10.9 Å². The summed E-state index contributed by atoms with van der Waals surface area (Å²) in [5.74, 6) is 1.52. The van der Waals surface area contributed by atoms with Gasteiger partial charge in [-0.05, 0) is 12.0 Å². The van der Waals surface area contributed by atoms with Crippen LogP contribution in [-0.4, -0.2) is 52.8 Å². The number of piperazine rings is 1. The smallest absolute Gasteiger partial charge is 0.161 e. The van der Waals surface area contributed by atoms with Gasteiger partial charge < -0.3 is 10.6 Å². The van der Waals surface area contributed by atoms with Crippen molar-refractivity contribution in [1.29, 1.82) is 0 Å². The molecule has 2 rings (SSSR count). The maximum atomic E-state index is 5.74. The lowest BCUT2D eigenvalue weighted by atomic mass is 10.2. The Balaban J connectivity index is 2.04. The highest BCUT2D eigenvalue weighted by molar-refractivity contribution is 7.80. The van der Waals surface area contributed by atoms with Crippen molar-refractivity contribution in [3.63, 3.8) is 0 Å². The van der Waals surface area contributed by atoms with Crippen LogP contribution in [-0.2, 0) is 0 Å². The lowest BCUT2D eigenvalue weighted by molar-refractivity contribution is 0.230. The Bertz CT molecular complexity index is 440. The molecular weight excluding hydrogens is 258 g/mol. The average Bonchev–Trinajstić information content (AvgIpc) is 2.39. The second kappa shape index (κ2) is 6.25. The van der Waals surface area contributed by atoms with Gasteiger partial charge in [0, 0.05) is 32.7 Å². The molecule has 1 aliphatic rings. The van der Waals surface area contributed by atoms with Crippen LogP contribution in [0.2, 0.25) is 0 Å². The molecule has 0 saturated carbocycles. The van der Waals surface area contributed by atoms with E-state index in [1.54, 1.807) is 6.20 Å². The highest BCUT2D eigenvalue weighted by Crippen LogP contribution is 2.18. The van der Waals surface area contributed by atoms with Crippen LogP contribution in [0, 0.1) is 5.92 Å².